The predicted molar refractivity (Wildman–Crippen MR) is 107 cm³/mol. The maximum absolute atomic E-state index is 13.1. The van der Waals surface area contributed by atoms with Gasteiger partial charge in [0, 0.05) is 12.4 Å². The molecule has 140 valence electrons. The second-order valence-electron chi connectivity index (χ2n) is 6.49. The molecular weight excluding hydrogens is 354 g/mol. The lowest BCUT2D eigenvalue weighted by Crippen LogP contribution is -2.24. The van der Waals surface area contributed by atoms with Crippen molar-refractivity contribution in [2.24, 2.45) is 0 Å². The first-order chi connectivity index (χ1) is 13.7. The Morgan fingerprint density at radius 1 is 1.14 bits per heavy atom. The van der Waals surface area contributed by atoms with Crippen molar-refractivity contribution < 1.29 is 14.3 Å². The Balaban J connectivity index is 1.59. The van der Waals surface area contributed by atoms with Crippen molar-refractivity contribution in [1.82, 2.24) is 4.98 Å². The van der Waals surface area contributed by atoms with Crippen LogP contribution in [0.3, 0.4) is 0 Å². The maximum Gasteiger partial charge on any atom is 0.261 e. The zero-order valence-electron chi connectivity index (χ0n) is 15.4. The van der Waals surface area contributed by atoms with E-state index in [1.807, 2.05) is 42.5 Å². The molecular formula is C22H19N3O3. The number of aromatic nitrogens is 1. The molecule has 0 bridgehead atoms. The molecule has 0 saturated carbocycles. The third-order valence-corrected chi connectivity index (χ3v) is 4.68. The van der Waals surface area contributed by atoms with Crippen LogP contribution < -0.4 is 15.0 Å². The smallest absolute Gasteiger partial charge is 0.261 e. The largest absolute Gasteiger partial charge is 0.495 e. The van der Waals surface area contributed by atoms with Crippen LogP contribution in [0, 0.1) is 0 Å². The van der Waals surface area contributed by atoms with Gasteiger partial charge < -0.3 is 15.0 Å². The van der Waals surface area contributed by atoms with Gasteiger partial charge in [-0.1, -0.05) is 30.3 Å². The molecule has 2 aromatic carbocycles. The number of ether oxygens (including phenoxy) is 1. The zero-order chi connectivity index (χ0) is 19.5. The minimum absolute atomic E-state index is 0.156. The third kappa shape index (κ3) is 3.32. The second kappa shape index (κ2) is 7.52. The van der Waals surface area contributed by atoms with E-state index in [0.29, 0.717) is 29.2 Å². The van der Waals surface area contributed by atoms with Gasteiger partial charge >= 0.3 is 0 Å². The number of hydrogen-bond donors (Lipinski definition) is 1. The number of rotatable bonds is 5. The van der Waals surface area contributed by atoms with E-state index in [9.17, 15) is 9.59 Å². The van der Waals surface area contributed by atoms with Crippen LogP contribution in [0.15, 0.2) is 67.0 Å². The molecule has 0 fully saturated rings. The summed E-state index contributed by atoms with van der Waals surface area (Å²) in [6, 6.07) is 16.5. The van der Waals surface area contributed by atoms with E-state index in [4.69, 9.17) is 4.74 Å². The third-order valence-electron chi connectivity index (χ3n) is 4.68. The Hall–Kier alpha value is -3.67. The Morgan fingerprint density at radius 2 is 2.00 bits per heavy atom. The van der Waals surface area contributed by atoms with Crippen LogP contribution in [-0.2, 0) is 17.8 Å². The standard InChI is InChI=1S/C22H19N3O3/c1-28-19-10-3-2-9-18(19)25-14-16-7-4-8-17(21(16)22(25)27)24-20(26)12-15-6-5-11-23-13-15/h2-11,13H,12,14H2,1H3,(H,24,26). The van der Waals surface area contributed by atoms with Crippen LogP contribution in [0.25, 0.3) is 0 Å². The van der Waals surface area contributed by atoms with Crippen molar-refractivity contribution in [1.29, 1.82) is 0 Å². The van der Waals surface area contributed by atoms with E-state index < -0.39 is 0 Å². The van der Waals surface area contributed by atoms with Gasteiger partial charge in [-0.3, -0.25) is 14.6 Å². The SMILES string of the molecule is COc1ccccc1N1Cc2cccc(NC(=O)Cc3cccnc3)c2C1=O. The molecule has 1 N–H and O–H groups in total. The molecule has 3 aromatic rings. The first-order valence-electron chi connectivity index (χ1n) is 8.93. The Kier molecular flexibility index (Phi) is 4.76. The number of fused-ring (bicyclic) bond motifs is 1. The van der Waals surface area contributed by atoms with Crippen molar-refractivity contribution in [2.75, 3.05) is 17.3 Å². The van der Waals surface area contributed by atoms with Gasteiger partial charge in [0.2, 0.25) is 5.91 Å². The van der Waals surface area contributed by atoms with E-state index in [0.717, 1.165) is 11.1 Å². The molecule has 1 aliphatic heterocycles. The summed E-state index contributed by atoms with van der Waals surface area (Å²) >= 11 is 0. The van der Waals surface area contributed by atoms with Crippen molar-refractivity contribution in [3.8, 4) is 5.75 Å². The van der Waals surface area contributed by atoms with Crippen LogP contribution in [0.1, 0.15) is 21.5 Å². The Labute approximate surface area is 162 Å². The Bertz CT molecular complexity index is 1030. The molecule has 2 heterocycles. The van der Waals surface area contributed by atoms with Crippen LogP contribution >= 0.6 is 0 Å². The molecule has 0 saturated heterocycles. The normalized spacial score (nSPS) is 12.6. The van der Waals surface area contributed by atoms with Gasteiger partial charge in [-0.2, -0.15) is 0 Å². The fraction of sp³-hybridized carbons (Fsp3) is 0.136. The molecule has 6 nitrogen and oxygen atoms in total. The molecule has 1 aliphatic rings. The molecule has 28 heavy (non-hydrogen) atoms. The highest BCUT2D eigenvalue weighted by Gasteiger charge is 2.32. The van der Waals surface area contributed by atoms with Gasteiger partial charge in [0.1, 0.15) is 5.75 Å². The minimum Gasteiger partial charge on any atom is -0.495 e. The molecule has 6 heteroatoms. The highest BCUT2D eigenvalue weighted by Crippen LogP contribution is 2.37. The molecule has 0 aliphatic carbocycles. The number of amides is 2. The number of carbonyl (C=O) groups is 2. The molecule has 0 radical (unpaired) electrons. The van der Waals surface area contributed by atoms with Gasteiger partial charge in [-0.05, 0) is 35.4 Å². The fourth-order valence-corrected chi connectivity index (χ4v) is 3.40. The lowest BCUT2D eigenvalue weighted by Gasteiger charge is -2.18. The van der Waals surface area contributed by atoms with E-state index >= 15 is 0 Å². The molecule has 1 aromatic heterocycles. The zero-order valence-corrected chi connectivity index (χ0v) is 15.4. The average Bonchev–Trinajstić information content (AvgIpc) is 3.06. The number of pyridine rings is 1. The summed E-state index contributed by atoms with van der Waals surface area (Å²) in [5.74, 6) is 0.285. The average molecular weight is 373 g/mol. The number of methoxy groups -OCH3 is 1. The number of nitrogens with one attached hydrogen (secondary N) is 1. The number of para-hydroxylation sites is 2. The maximum atomic E-state index is 13.1. The molecule has 0 spiro atoms. The van der Waals surface area contributed by atoms with E-state index in [2.05, 4.69) is 10.3 Å². The predicted octanol–water partition coefficient (Wildman–Crippen LogP) is 3.43. The summed E-state index contributed by atoms with van der Waals surface area (Å²) in [7, 11) is 1.58. The van der Waals surface area contributed by atoms with Crippen molar-refractivity contribution in [2.45, 2.75) is 13.0 Å². The summed E-state index contributed by atoms with van der Waals surface area (Å²) in [5, 5.41) is 2.88. The lowest BCUT2D eigenvalue weighted by atomic mass is 10.1. The summed E-state index contributed by atoms with van der Waals surface area (Å²) in [4.78, 5) is 31.3. The highest BCUT2D eigenvalue weighted by molar-refractivity contribution is 6.15. The van der Waals surface area contributed by atoms with Crippen LogP contribution in [0.5, 0.6) is 5.75 Å². The van der Waals surface area contributed by atoms with Gasteiger partial charge in [0.25, 0.3) is 5.91 Å². The van der Waals surface area contributed by atoms with Gasteiger partial charge in [0.05, 0.1) is 37.0 Å². The summed E-state index contributed by atoms with van der Waals surface area (Å²) in [6.45, 7) is 0.431. The van der Waals surface area contributed by atoms with Crippen molar-refractivity contribution in [3.63, 3.8) is 0 Å². The van der Waals surface area contributed by atoms with Crippen LogP contribution in [-0.4, -0.2) is 23.9 Å². The van der Waals surface area contributed by atoms with Gasteiger partial charge in [-0.15, -0.1) is 0 Å². The Morgan fingerprint density at radius 3 is 2.79 bits per heavy atom. The molecule has 0 atom stereocenters. The van der Waals surface area contributed by atoms with Crippen molar-refractivity contribution >= 4 is 23.2 Å². The number of carbonyl (C=O) groups excluding carboxylic acids is 2. The van der Waals surface area contributed by atoms with Crippen LogP contribution in [0.2, 0.25) is 0 Å². The first kappa shape index (κ1) is 17.7. The number of nitrogens with zero attached hydrogens (tertiary/aromatic N) is 2. The minimum atomic E-state index is -0.190. The first-order valence-corrected chi connectivity index (χ1v) is 8.93. The highest BCUT2D eigenvalue weighted by atomic mass is 16.5. The van der Waals surface area contributed by atoms with Gasteiger partial charge in [-0.25, -0.2) is 0 Å². The number of anilines is 2. The summed E-state index contributed by atoms with van der Waals surface area (Å²) in [6.07, 6.45) is 3.52. The van der Waals surface area contributed by atoms with E-state index in [1.54, 1.807) is 36.5 Å². The summed E-state index contributed by atoms with van der Waals surface area (Å²) < 4.78 is 5.40. The quantitative estimate of drug-likeness (QED) is 0.744. The fourth-order valence-electron chi connectivity index (χ4n) is 3.40. The molecule has 4 rings (SSSR count). The summed E-state index contributed by atoms with van der Waals surface area (Å²) in [5.41, 5.74) is 3.44. The van der Waals surface area contributed by atoms with E-state index in [1.165, 1.54) is 0 Å². The lowest BCUT2D eigenvalue weighted by molar-refractivity contribution is -0.115. The monoisotopic (exact) mass is 373 g/mol. The van der Waals surface area contributed by atoms with Crippen LogP contribution in [0.4, 0.5) is 11.4 Å². The number of hydrogen-bond acceptors (Lipinski definition) is 4. The van der Waals surface area contributed by atoms with Gasteiger partial charge in [0.15, 0.2) is 0 Å². The van der Waals surface area contributed by atoms with Crippen molar-refractivity contribution in [3.05, 3.63) is 83.7 Å². The number of benzene rings is 2. The topological polar surface area (TPSA) is 71.5 Å². The molecule has 0 unspecified atom stereocenters. The van der Waals surface area contributed by atoms with E-state index in [-0.39, 0.29) is 18.2 Å². The molecule has 2 amide bonds. The second-order valence-corrected chi connectivity index (χ2v) is 6.49.